The maximum atomic E-state index is 6.85. The molecule has 0 bridgehead atoms. The van der Waals surface area contributed by atoms with Crippen LogP contribution in [0.3, 0.4) is 0 Å². The monoisotopic (exact) mass is 599 g/mol. The first-order valence-corrected chi connectivity index (χ1v) is 17.1. The van der Waals surface area contributed by atoms with Crippen molar-refractivity contribution in [3.05, 3.63) is 160 Å². The molecule has 0 radical (unpaired) electrons. The lowest BCUT2D eigenvalue weighted by atomic mass is 9.72. The van der Waals surface area contributed by atoms with E-state index in [1.54, 1.807) is 5.57 Å². The number of furan rings is 1. The Morgan fingerprint density at radius 2 is 1.63 bits per heavy atom. The predicted molar refractivity (Wildman–Crippen MR) is 191 cm³/mol. The highest BCUT2D eigenvalue weighted by molar-refractivity contribution is 6.09. The van der Waals surface area contributed by atoms with Gasteiger partial charge in [-0.3, -0.25) is 0 Å². The summed E-state index contributed by atoms with van der Waals surface area (Å²) in [6.45, 7) is 7.32. The van der Waals surface area contributed by atoms with Gasteiger partial charge in [0.15, 0.2) is 0 Å². The fourth-order valence-electron chi connectivity index (χ4n) is 9.25. The normalized spacial score (nSPS) is 22.0. The van der Waals surface area contributed by atoms with E-state index in [0.717, 1.165) is 37.2 Å². The summed E-state index contributed by atoms with van der Waals surface area (Å²) in [5.41, 5.74) is 12.4. The Labute approximate surface area is 272 Å². The summed E-state index contributed by atoms with van der Waals surface area (Å²) in [4.78, 5) is 0. The van der Waals surface area contributed by atoms with Gasteiger partial charge in [0, 0.05) is 28.2 Å². The SMILES string of the molecule is C[C@H]1CC(n2c3ccc(C(Cc4ccccc4)c4ccccc4)cc3c3c4c(oc32)C=CCC4)C=C2C1c1ccccc1C2(C)C. The van der Waals surface area contributed by atoms with Crippen molar-refractivity contribution < 1.29 is 4.42 Å². The van der Waals surface area contributed by atoms with Gasteiger partial charge in [-0.1, -0.05) is 129 Å². The number of hydrogen-bond acceptors (Lipinski definition) is 1. The molecule has 6 aromatic rings. The molecule has 4 aromatic carbocycles. The Morgan fingerprint density at radius 3 is 2.46 bits per heavy atom. The molecule has 2 aromatic heterocycles. The molecule has 228 valence electrons. The number of rotatable bonds is 5. The van der Waals surface area contributed by atoms with E-state index in [9.17, 15) is 0 Å². The summed E-state index contributed by atoms with van der Waals surface area (Å²) >= 11 is 0. The second-order valence-electron chi connectivity index (χ2n) is 14.5. The molecule has 2 heteroatoms. The van der Waals surface area contributed by atoms with E-state index in [1.807, 2.05) is 0 Å². The molecule has 2 nitrogen and oxygen atoms in total. The summed E-state index contributed by atoms with van der Waals surface area (Å²) in [7, 11) is 0. The van der Waals surface area contributed by atoms with E-state index >= 15 is 0 Å². The molecular formula is C44H41NO. The van der Waals surface area contributed by atoms with Crippen LogP contribution in [0.2, 0.25) is 0 Å². The summed E-state index contributed by atoms with van der Waals surface area (Å²) < 4.78 is 9.41. The average molecular weight is 600 g/mol. The fraction of sp³-hybridized carbons (Fsp3) is 0.273. The highest BCUT2D eigenvalue weighted by atomic mass is 16.3. The molecule has 46 heavy (non-hydrogen) atoms. The average Bonchev–Trinajstić information content (AvgIpc) is 3.69. The van der Waals surface area contributed by atoms with Gasteiger partial charge in [0.05, 0.1) is 16.9 Å². The Balaban J connectivity index is 1.24. The first-order valence-electron chi connectivity index (χ1n) is 17.1. The van der Waals surface area contributed by atoms with Crippen molar-refractivity contribution in [2.45, 2.75) is 69.7 Å². The van der Waals surface area contributed by atoms with Gasteiger partial charge in [-0.15, -0.1) is 0 Å². The number of fused-ring (bicyclic) bond motifs is 8. The van der Waals surface area contributed by atoms with Crippen molar-refractivity contribution in [2.75, 3.05) is 0 Å². The number of allylic oxidation sites excluding steroid dienone is 3. The molecule has 3 aliphatic rings. The minimum atomic E-state index is 0.0227. The molecule has 0 saturated heterocycles. The lowest BCUT2D eigenvalue weighted by Crippen LogP contribution is -2.26. The molecule has 3 aliphatic carbocycles. The maximum Gasteiger partial charge on any atom is 0.209 e. The highest BCUT2D eigenvalue weighted by Gasteiger charge is 2.46. The van der Waals surface area contributed by atoms with Gasteiger partial charge in [0.2, 0.25) is 5.71 Å². The van der Waals surface area contributed by atoms with Crippen LogP contribution in [0.15, 0.2) is 125 Å². The minimum Gasteiger partial charge on any atom is -0.440 e. The smallest absolute Gasteiger partial charge is 0.209 e. The summed E-state index contributed by atoms with van der Waals surface area (Å²) in [6.07, 6.45) is 11.2. The molecule has 3 unspecified atom stereocenters. The number of aryl methyl sites for hydroxylation is 1. The van der Waals surface area contributed by atoms with Gasteiger partial charge < -0.3 is 8.98 Å². The van der Waals surface area contributed by atoms with E-state index in [-0.39, 0.29) is 17.4 Å². The van der Waals surface area contributed by atoms with Gasteiger partial charge >= 0.3 is 0 Å². The Morgan fingerprint density at radius 1 is 0.870 bits per heavy atom. The van der Waals surface area contributed by atoms with E-state index in [0.29, 0.717) is 11.8 Å². The molecular weight excluding hydrogens is 558 g/mol. The van der Waals surface area contributed by atoms with Crippen molar-refractivity contribution in [2.24, 2.45) is 5.92 Å². The standard InChI is InChI=1S/C44H41NO/c1-28-24-32(27-38-41(28)33-18-10-12-20-37(33)44(38,2)3)45-39-23-22-31(26-36(39)42-34-19-11-13-21-40(34)46-43(42)45)35(30-16-8-5-9-17-30)25-29-14-6-4-7-15-29/h4-10,12-18,20-23,26-28,32,35,41H,11,19,24-25H2,1-3H3/t28-,32?,35?,41?/m0/s1. The Hall–Kier alpha value is -4.56. The molecule has 9 rings (SSSR count). The zero-order valence-corrected chi connectivity index (χ0v) is 27.0. The van der Waals surface area contributed by atoms with Gasteiger partial charge in [0.25, 0.3) is 0 Å². The summed E-state index contributed by atoms with van der Waals surface area (Å²) in [5.74, 6) is 2.34. The second-order valence-corrected chi connectivity index (χ2v) is 14.5. The molecule has 0 aliphatic heterocycles. The van der Waals surface area contributed by atoms with Crippen LogP contribution in [0.25, 0.3) is 28.1 Å². The van der Waals surface area contributed by atoms with Crippen LogP contribution in [-0.2, 0) is 18.3 Å². The fourth-order valence-corrected chi connectivity index (χ4v) is 9.25. The van der Waals surface area contributed by atoms with Crippen molar-refractivity contribution in [1.29, 1.82) is 0 Å². The molecule has 0 fully saturated rings. The maximum absolute atomic E-state index is 6.85. The quantitative estimate of drug-likeness (QED) is 0.180. The van der Waals surface area contributed by atoms with Crippen LogP contribution in [-0.4, -0.2) is 4.57 Å². The number of benzene rings is 4. The first kappa shape index (κ1) is 27.7. The van der Waals surface area contributed by atoms with E-state index in [4.69, 9.17) is 4.42 Å². The van der Waals surface area contributed by atoms with Crippen molar-refractivity contribution >= 4 is 28.1 Å². The zero-order chi connectivity index (χ0) is 31.0. The number of aromatic nitrogens is 1. The number of hydrogen-bond donors (Lipinski definition) is 0. The van der Waals surface area contributed by atoms with Crippen LogP contribution < -0.4 is 0 Å². The third-order valence-electron chi connectivity index (χ3n) is 11.4. The molecule has 0 saturated carbocycles. The third kappa shape index (κ3) is 4.15. The van der Waals surface area contributed by atoms with Gasteiger partial charge in [-0.05, 0) is 77.6 Å². The van der Waals surface area contributed by atoms with Crippen molar-refractivity contribution in [3.8, 4) is 0 Å². The van der Waals surface area contributed by atoms with Gasteiger partial charge in [-0.2, -0.15) is 0 Å². The predicted octanol–water partition coefficient (Wildman–Crippen LogP) is 11.3. The second kappa shape index (κ2) is 10.5. The summed E-state index contributed by atoms with van der Waals surface area (Å²) in [6, 6.07) is 38.7. The van der Waals surface area contributed by atoms with Crippen LogP contribution in [0.5, 0.6) is 0 Å². The first-order chi connectivity index (χ1) is 22.5. The number of nitrogens with zero attached hydrogens (tertiary/aromatic N) is 1. The van der Waals surface area contributed by atoms with E-state index in [1.165, 1.54) is 49.7 Å². The Bertz CT molecular complexity index is 2160. The largest absolute Gasteiger partial charge is 0.440 e. The molecule has 0 spiro atoms. The topological polar surface area (TPSA) is 18.1 Å². The zero-order valence-electron chi connectivity index (χ0n) is 27.0. The third-order valence-corrected chi connectivity index (χ3v) is 11.4. The van der Waals surface area contributed by atoms with Gasteiger partial charge in [0.1, 0.15) is 5.76 Å². The Kier molecular flexibility index (Phi) is 6.32. The highest BCUT2D eigenvalue weighted by Crippen LogP contribution is 2.57. The van der Waals surface area contributed by atoms with Gasteiger partial charge in [-0.25, -0.2) is 0 Å². The summed E-state index contributed by atoms with van der Waals surface area (Å²) in [5, 5.41) is 2.66. The molecule has 0 N–H and O–H groups in total. The van der Waals surface area contributed by atoms with Crippen molar-refractivity contribution in [1.82, 2.24) is 4.57 Å². The van der Waals surface area contributed by atoms with Crippen LogP contribution in [0, 0.1) is 5.92 Å². The van der Waals surface area contributed by atoms with E-state index < -0.39 is 0 Å². The van der Waals surface area contributed by atoms with Crippen LogP contribution in [0.1, 0.15) is 90.6 Å². The lowest BCUT2D eigenvalue weighted by Gasteiger charge is -2.36. The van der Waals surface area contributed by atoms with Crippen LogP contribution in [0.4, 0.5) is 0 Å². The van der Waals surface area contributed by atoms with Crippen molar-refractivity contribution in [3.63, 3.8) is 0 Å². The van der Waals surface area contributed by atoms with E-state index in [2.05, 4.69) is 147 Å². The molecule has 2 heterocycles. The molecule has 0 amide bonds. The van der Waals surface area contributed by atoms with Crippen LogP contribution >= 0.6 is 0 Å². The molecule has 4 atom stereocenters. The lowest BCUT2D eigenvalue weighted by molar-refractivity contribution is 0.363. The minimum absolute atomic E-state index is 0.0227.